The van der Waals surface area contributed by atoms with Crippen LogP contribution in [0.3, 0.4) is 0 Å². The molecule has 2 aliphatic rings. The van der Waals surface area contributed by atoms with E-state index in [0.29, 0.717) is 12.5 Å². The number of hydrogen-bond acceptors (Lipinski definition) is 3. The molecule has 2 fully saturated rings. The Kier molecular flexibility index (Phi) is 4.40. The van der Waals surface area contributed by atoms with Crippen molar-refractivity contribution in [3.63, 3.8) is 0 Å². The number of rotatable bonds is 4. The van der Waals surface area contributed by atoms with E-state index in [1.165, 1.54) is 25.7 Å². The molecule has 0 radical (unpaired) electrons. The van der Waals surface area contributed by atoms with Crippen LogP contribution in [0.4, 0.5) is 0 Å². The van der Waals surface area contributed by atoms with Gasteiger partial charge in [0.1, 0.15) is 0 Å². The SMILES string of the molecule is CNC(=O)CCNC1CCOC2(CCCC2)C1. The standard InChI is InChI=1S/C13H24N2O2/c1-14-12(16)4-8-15-11-5-9-17-13(10-11)6-2-3-7-13/h11,15H,2-10H2,1H3,(H,14,16). The first kappa shape index (κ1) is 12.8. The molecule has 4 heteroatoms. The zero-order valence-electron chi connectivity index (χ0n) is 10.8. The van der Waals surface area contributed by atoms with Crippen molar-refractivity contribution in [1.29, 1.82) is 0 Å². The van der Waals surface area contributed by atoms with Crippen molar-refractivity contribution in [2.75, 3.05) is 20.2 Å². The number of hydrogen-bond donors (Lipinski definition) is 2. The molecule has 1 heterocycles. The molecule has 2 rings (SSSR count). The lowest BCUT2D eigenvalue weighted by Crippen LogP contribution is -2.46. The van der Waals surface area contributed by atoms with Crippen molar-refractivity contribution in [2.24, 2.45) is 0 Å². The maximum atomic E-state index is 11.1. The predicted octanol–water partition coefficient (Wildman–Crippen LogP) is 1.20. The molecule has 0 bridgehead atoms. The minimum absolute atomic E-state index is 0.111. The summed E-state index contributed by atoms with van der Waals surface area (Å²) in [4.78, 5) is 11.1. The third-order valence-electron chi connectivity index (χ3n) is 4.07. The lowest BCUT2D eigenvalue weighted by molar-refractivity contribution is -0.120. The molecule has 0 aromatic carbocycles. The van der Waals surface area contributed by atoms with Gasteiger partial charge in [0.2, 0.25) is 5.91 Å². The van der Waals surface area contributed by atoms with Crippen LogP contribution >= 0.6 is 0 Å². The summed E-state index contributed by atoms with van der Waals surface area (Å²) in [6.45, 7) is 1.65. The van der Waals surface area contributed by atoms with E-state index in [2.05, 4.69) is 10.6 Å². The smallest absolute Gasteiger partial charge is 0.221 e. The summed E-state index contributed by atoms with van der Waals surface area (Å²) in [6, 6.07) is 0.534. The molecule has 17 heavy (non-hydrogen) atoms. The Bertz CT molecular complexity index is 262. The van der Waals surface area contributed by atoms with Gasteiger partial charge >= 0.3 is 0 Å². The van der Waals surface area contributed by atoms with Crippen LogP contribution in [0.5, 0.6) is 0 Å². The minimum Gasteiger partial charge on any atom is -0.375 e. The highest BCUT2D eigenvalue weighted by molar-refractivity contribution is 5.75. The first-order valence-corrected chi connectivity index (χ1v) is 6.82. The number of nitrogens with one attached hydrogen (secondary N) is 2. The van der Waals surface area contributed by atoms with Crippen molar-refractivity contribution < 1.29 is 9.53 Å². The fourth-order valence-corrected chi connectivity index (χ4v) is 3.08. The third kappa shape index (κ3) is 3.42. The average Bonchev–Trinajstić information content (AvgIpc) is 2.77. The molecule has 4 nitrogen and oxygen atoms in total. The lowest BCUT2D eigenvalue weighted by Gasteiger charge is -2.38. The molecule has 1 unspecified atom stereocenters. The van der Waals surface area contributed by atoms with Gasteiger partial charge in [-0.05, 0) is 25.7 Å². The van der Waals surface area contributed by atoms with E-state index in [4.69, 9.17) is 4.74 Å². The largest absolute Gasteiger partial charge is 0.375 e. The van der Waals surface area contributed by atoms with Crippen LogP contribution < -0.4 is 10.6 Å². The van der Waals surface area contributed by atoms with E-state index in [0.717, 1.165) is 26.0 Å². The number of carbonyl (C=O) groups is 1. The maximum absolute atomic E-state index is 11.1. The van der Waals surface area contributed by atoms with Gasteiger partial charge in [0.05, 0.1) is 5.60 Å². The van der Waals surface area contributed by atoms with Crippen LogP contribution in [0, 0.1) is 0 Å². The van der Waals surface area contributed by atoms with Gasteiger partial charge in [-0.2, -0.15) is 0 Å². The van der Waals surface area contributed by atoms with E-state index in [9.17, 15) is 4.79 Å². The van der Waals surface area contributed by atoms with Gasteiger partial charge in [0.15, 0.2) is 0 Å². The zero-order chi connectivity index (χ0) is 12.1. The van der Waals surface area contributed by atoms with Crippen molar-refractivity contribution in [1.82, 2.24) is 10.6 Å². The summed E-state index contributed by atoms with van der Waals surface area (Å²) < 4.78 is 5.99. The molecule has 0 aromatic heterocycles. The van der Waals surface area contributed by atoms with Crippen molar-refractivity contribution in [3.8, 4) is 0 Å². The highest BCUT2D eigenvalue weighted by Gasteiger charge is 2.39. The van der Waals surface area contributed by atoms with Crippen LogP contribution in [-0.2, 0) is 9.53 Å². The normalized spacial score (nSPS) is 27.2. The number of ether oxygens (including phenoxy) is 1. The van der Waals surface area contributed by atoms with Gasteiger partial charge in [0.25, 0.3) is 0 Å². The molecular formula is C13H24N2O2. The van der Waals surface area contributed by atoms with E-state index in [-0.39, 0.29) is 11.5 Å². The Morgan fingerprint density at radius 3 is 2.88 bits per heavy atom. The Labute approximate surface area is 103 Å². The van der Waals surface area contributed by atoms with E-state index < -0.39 is 0 Å². The highest BCUT2D eigenvalue weighted by atomic mass is 16.5. The number of amides is 1. The molecular weight excluding hydrogens is 216 g/mol. The van der Waals surface area contributed by atoms with Crippen molar-refractivity contribution in [2.45, 2.75) is 56.6 Å². The summed E-state index contributed by atoms with van der Waals surface area (Å²) in [5.74, 6) is 0.111. The van der Waals surface area contributed by atoms with Gasteiger partial charge in [-0.15, -0.1) is 0 Å². The van der Waals surface area contributed by atoms with Crippen LogP contribution in [0.2, 0.25) is 0 Å². The highest BCUT2D eigenvalue weighted by Crippen LogP contribution is 2.39. The van der Waals surface area contributed by atoms with E-state index >= 15 is 0 Å². The fraction of sp³-hybridized carbons (Fsp3) is 0.923. The second kappa shape index (κ2) is 5.83. The molecule has 1 saturated heterocycles. The Balaban J connectivity index is 1.72. The van der Waals surface area contributed by atoms with Gasteiger partial charge in [-0.1, -0.05) is 12.8 Å². The molecule has 1 amide bonds. The molecule has 1 atom stereocenters. The van der Waals surface area contributed by atoms with Gasteiger partial charge in [-0.3, -0.25) is 4.79 Å². The first-order chi connectivity index (χ1) is 8.24. The molecule has 2 N–H and O–H groups in total. The molecule has 1 spiro atoms. The first-order valence-electron chi connectivity index (χ1n) is 6.82. The second-order valence-corrected chi connectivity index (χ2v) is 5.31. The minimum atomic E-state index is 0.111. The molecule has 0 aromatic rings. The Morgan fingerprint density at radius 2 is 2.18 bits per heavy atom. The van der Waals surface area contributed by atoms with Crippen LogP contribution in [-0.4, -0.2) is 37.7 Å². The Hall–Kier alpha value is -0.610. The van der Waals surface area contributed by atoms with Crippen molar-refractivity contribution >= 4 is 5.91 Å². The summed E-state index contributed by atoms with van der Waals surface area (Å²) >= 11 is 0. The third-order valence-corrected chi connectivity index (χ3v) is 4.07. The second-order valence-electron chi connectivity index (χ2n) is 5.31. The van der Waals surface area contributed by atoms with Gasteiger partial charge in [0, 0.05) is 32.7 Å². The summed E-state index contributed by atoms with van der Waals surface area (Å²) in [6.07, 6.45) is 7.84. The molecule has 98 valence electrons. The quantitative estimate of drug-likeness (QED) is 0.776. The predicted molar refractivity (Wildman–Crippen MR) is 66.9 cm³/mol. The van der Waals surface area contributed by atoms with Gasteiger partial charge < -0.3 is 15.4 Å². The topological polar surface area (TPSA) is 50.4 Å². The van der Waals surface area contributed by atoms with E-state index in [1.54, 1.807) is 7.05 Å². The summed E-state index contributed by atoms with van der Waals surface area (Å²) in [7, 11) is 1.68. The zero-order valence-corrected chi connectivity index (χ0v) is 10.8. The summed E-state index contributed by atoms with van der Waals surface area (Å²) in [5, 5.41) is 6.14. The van der Waals surface area contributed by atoms with Crippen LogP contribution in [0.25, 0.3) is 0 Å². The lowest BCUT2D eigenvalue weighted by atomic mass is 9.89. The average molecular weight is 240 g/mol. The summed E-state index contributed by atoms with van der Waals surface area (Å²) in [5.41, 5.74) is 0.170. The van der Waals surface area contributed by atoms with E-state index in [1.807, 2.05) is 0 Å². The van der Waals surface area contributed by atoms with Crippen LogP contribution in [0.15, 0.2) is 0 Å². The maximum Gasteiger partial charge on any atom is 0.221 e. The van der Waals surface area contributed by atoms with Crippen molar-refractivity contribution in [3.05, 3.63) is 0 Å². The molecule has 1 aliphatic carbocycles. The van der Waals surface area contributed by atoms with Crippen LogP contribution in [0.1, 0.15) is 44.9 Å². The molecule has 1 saturated carbocycles. The molecule has 1 aliphatic heterocycles. The Morgan fingerprint density at radius 1 is 1.41 bits per heavy atom. The number of carbonyl (C=O) groups excluding carboxylic acids is 1. The monoisotopic (exact) mass is 240 g/mol. The fourth-order valence-electron chi connectivity index (χ4n) is 3.08. The van der Waals surface area contributed by atoms with Gasteiger partial charge in [-0.25, -0.2) is 0 Å².